The molecule has 17 heavy (non-hydrogen) atoms. The molecule has 0 saturated heterocycles. The highest BCUT2D eigenvalue weighted by Crippen LogP contribution is 2.09. The van der Waals surface area contributed by atoms with Gasteiger partial charge in [0.05, 0.1) is 6.61 Å². The summed E-state index contributed by atoms with van der Waals surface area (Å²) in [6.45, 7) is 3.61. The van der Waals surface area contributed by atoms with Gasteiger partial charge in [0.25, 0.3) is 0 Å². The van der Waals surface area contributed by atoms with Gasteiger partial charge in [0.2, 0.25) is 0 Å². The molecule has 5 N–H and O–H groups in total. The fraction of sp³-hybridized carbons (Fsp3) is 1.00. The summed E-state index contributed by atoms with van der Waals surface area (Å²) >= 11 is 0. The summed E-state index contributed by atoms with van der Waals surface area (Å²) in [5, 5.41) is 7.75. The van der Waals surface area contributed by atoms with Crippen LogP contribution in [0.5, 0.6) is 0 Å². The van der Waals surface area contributed by atoms with Gasteiger partial charge < -0.3 is 16.6 Å². The second-order valence-electron chi connectivity index (χ2n) is 4.48. The van der Waals surface area contributed by atoms with Gasteiger partial charge in [0.1, 0.15) is 0 Å². The van der Waals surface area contributed by atoms with Crippen LogP contribution in [0.15, 0.2) is 0 Å². The summed E-state index contributed by atoms with van der Waals surface area (Å²) in [4.78, 5) is 0. The first-order valence-electron chi connectivity index (χ1n) is 7.34. The van der Waals surface area contributed by atoms with Crippen LogP contribution < -0.4 is 11.5 Å². The molecular formula is C14H34N2O. The lowest BCUT2D eigenvalue weighted by Crippen LogP contribution is -2.02. The zero-order valence-electron chi connectivity index (χ0n) is 11.8. The Bertz CT molecular complexity index is 98.4. The number of rotatable bonds is 11. The monoisotopic (exact) mass is 246 g/mol. The van der Waals surface area contributed by atoms with Gasteiger partial charge in [-0.05, 0) is 13.0 Å². The number of unbranched alkanes of at least 4 members (excludes halogenated alkanes) is 9. The maximum absolute atomic E-state index is 7.75. The Morgan fingerprint density at radius 2 is 1.00 bits per heavy atom. The van der Waals surface area contributed by atoms with Crippen molar-refractivity contribution in [1.82, 2.24) is 0 Å². The number of aliphatic hydroxyl groups is 1. The van der Waals surface area contributed by atoms with Crippen molar-refractivity contribution in [3.8, 4) is 0 Å². The summed E-state index contributed by atoms with van der Waals surface area (Å²) in [5.41, 5.74) is 10.2. The van der Waals surface area contributed by atoms with E-state index in [-0.39, 0.29) is 6.61 Å². The first-order valence-corrected chi connectivity index (χ1v) is 7.34. The molecule has 0 bridgehead atoms. The molecule has 0 aromatic rings. The number of hydrogen-bond acceptors (Lipinski definition) is 3. The number of hydrogen-bond donors (Lipinski definition) is 3. The Labute approximate surface area is 108 Å². The largest absolute Gasteiger partial charge is 0.395 e. The summed E-state index contributed by atoms with van der Waals surface area (Å²) < 4.78 is 0. The fourth-order valence-electron chi connectivity index (χ4n) is 1.63. The Kier molecular flexibility index (Phi) is 24.0. The van der Waals surface area contributed by atoms with Crippen LogP contribution in [-0.2, 0) is 0 Å². The fourth-order valence-corrected chi connectivity index (χ4v) is 1.63. The highest BCUT2D eigenvalue weighted by Gasteiger charge is 1.91. The van der Waals surface area contributed by atoms with E-state index in [0.717, 1.165) is 6.54 Å². The third-order valence-corrected chi connectivity index (χ3v) is 2.69. The van der Waals surface area contributed by atoms with Crippen molar-refractivity contribution in [2.45, 2.75) is 71.1 Å². The van der Waals surface area contributed by atoms with Crippen LogP contribution in [0.3, 0.4) is 0 Å². The van der Waals surface area contributed by atoms with Crippen molar-refractivity contribution in [1.29, 1.82) is 0 Å². The van der Waals surface area contributed by atoms with Crippen molar-refractivity contribution < 1.29 is 5.11 Å². The Balaban J connectivity index is 0. The van der Waals surface area contributed by atoms with Crippen molar-refractivity contribution in [3.63, 3.8) is 0 Å². The molecule has 0 aromatic carbocycles. The second kappa shape index (κ2) is 21.2. The molecule has 0 saturated carbocycles. The predicted molar refractivity (Wildman–Crippen MR) is 77.0 cm³/mol. The molecule has 0 aromatic heterocycles. The molecule has 0 aliphatic rings. The van der Waals surface area contributed by atoms with Gasteiger partial charge in [-0.3, -0.25) is 0 Å². The van der Waals surface area contributed by atoms with E-state index in [1.807, 2.05) is 0 Å². The third kappa shape index (κ3) is 25.8. The van der Waals surface area contributed by atoms with E-state index >= 15 is 0 Å². The highest BCUT2D eigenvalue weighted by atomic mass is 16.3. The molecule has 0 amide bonds. The lowest BCUT2D eigenvalue weighted by molar-refractivity contribution is 0.306. The van der Waals surface area contributed by atoms with E-state index in [4.69, 9.17) is 16.6 Å². The third-order valence-electron chi connectivity index (χ3n) is 2.69. The lowest BCUT2D eigenvalue weighted by atomic mass is 10.1. The minimum absolute atomic E-state index is 0.0972. The average Bonchev–Trinajstić information content (AvgIpc) is 2.37. The quantitative estimate of drug-likeness (QED) is 0.491. The molecule has 0 atom stereocenters. The predicted octanol–water partition coefficient (Wildman–Crippen LogP) is 2.80. The topological polar surface area (TPSA) is 72.3 Å². The van der Waals surface area contributed by atoms with Crippen molar-refractivity contribution in [2.75, 3.05) is 19.7 Å². The van der Waals surface area contributed by atoms with Crippen LogP contribution in [0.25, 0.3) is 0 Å². The number of nitrogens with two attached hydrogens (primary N) is 2. The van der Waals surface area contributed by atoms with Crippen molar-refractivity contribution >= 4 is 0 Å². The molecule has 0 unspecified atom stereocenters. The molecule has 0 fully saturated rings. The Morgan fingerprint density at radius 3 is 1.29 bits per heavy atom. The molecule has 0 heterocycles. The van der Waals surface area contributed by atoms with Gasteiger partial charge in [0.15, 0.2) is 0 Å². The molecule has 3 nitrogen and oxygen atoms in total. The first-order chi connectivity index (χ1) is 8.33. The summed E-state index contributed by atoms with van der Waals surface area (Å²) in [7, 11) is 0. The lowest BCUT2D eigenvalue weighted by Gasteiger charge is -2.00. The van der Waals surface area contributed by atoms with Crippen molar-refractivity contribution in [2.24, 2.45) is 11.5 Å². The summed E-state index contributed by atoms with van der Waals surface area (Å²) in [5.74, 6) is 0. The molecule has 0 spiro atoms. The van der Waals surface area contributed by atoms with Gasteiger partial charge >= 0.3 is 0 Å². The molecule has 3 heteroatoms. The normalized spacial score (nSPS) is 9.88. The van der Waals surface area contributed by atoms with Crippen LogP contribution in [0.4, 0.5) is 0 Å². The zero-order chi connectivity index (χ0) is 13.2. The van der Waals surface area contributed by atoms with Gasteiger partial charge in [-0.25, -0.2) is 0 Å². The van der Waals surface area contributed by atoms with E-state index in [1.54, 1.807) is 0 Å². The van der Waals surface area contributed by atoms with E-state index < -0.39 is 0 Å². The van der Waals surface area contributed by atoms with E-state index in [2.05, 4.69) is 6.92 Å². The Hall–Kier alpha value is -0.120. The molecule has 106 valence electrons. The maximum Gasteiger partial charge on any atom is 0.0553 e. The molecular weight excluding hydrogens is 212 g/mol. The van der Waals surface area contributed by atoms with E-state index in [1.165, 1.54) is 64.2 Å². The van der Waals surface area contributed by atoms with Gasteiger partial charge in [-0.1, -0.05) is 64.7 Å². The van der Waals surface area contributed by atoms with Crippen LogP contribution >= 0.6 is 0 Å². The zero-order valence-corrected chi connectivity index (χ0v) is 11.8. The number of aliphatic hydroxyl groups excluding tert-OH is 1. The smallest absolute Gasteiger partial charge is 0.0553 e. The highest BCUT2D eigenvalue weighted by molar-refractivity contribution is 4.47. The van der Waals surface area contributed by atoms with Crippen LogP contribution in [0.1, 0.15) is 71.1 Å². The van der Waals surface area contributed by atoms with Gasteiger partial charge in [0, 0.05) is 6.54 Å². The first kappa shape index (κ1) is 19.2. The minimum atomic E-state index is 0.0972. The Morgan fingerprint density at radius 1 is 0.647 bits per heavy atom. The summed E-state index contributed by atoms with van der Waals surface area (Å²) in [6, 6.07) is 0. The van der Waals surface area contributed by atoms with E-state index in [9.17, 15) is 0 Å². The molecule has 0 aliphatic heterocycles. The average molecular weight is 246 g/mol. The summed E-state index contributed by atoms with van der Waals surface area (Å²) in [6.07, 6.45) is 13.9. The van der Waals surface area contributed by atoms with E-state index in [0.29, 0.717) is 6.54 Å². The second-order valence-corrected chi connectivity index (χ2v) is 4.48. The standard InChI is InChI=1S/C12H27N.C2H7NO/c1-2-3-4-5-6-7-8-9-10-11-12-13;3-1-2-4/h2-13H2,1H3;4H,1-3H2. The van der Waals surface area contributed by atoms with Crippen LogP contribution in [-0.4, -0.2) is 24.8 Å². The molecule has 0 aliphatic carbocycles. The molecule has 0 rings (SSSR count). The SMILES string of the molecule is CCCCCCCCCCCCN.NCCO. The minimum Gasteiger partial charge on any atom is -0.395 e. The van der Waals surface area contributed by atoms with Crippen LogP contribution in [0.2, 0.25) is 0 Å². The maximum atomic E-state index is 7.75. The van der Waals surface area contributed by atoms with Crippen LogP contribution in [0, 0.1) is 0 Å². The van der Waals surface area contributed by atoms with Gasteiger partial charge in [-0.2, -0.15) is 0 Å². The molecule has 0 radical (unpaired) electrons. The van der Waals surface area contributed by atoms with Crippen molar-refractivity contribution in [3.05, 3.63) is 0 Å². The van der Waals surface area contributed by atoms with Gasteiger partial charge in [-0.15, -0.1) is 0 Å².